The molecule has 0 spiro atoms. The van der Waals surface area contributed by atoms with Crippen molar-refractivity contribution in [2.45, 2.75) is 12.6 Å². The molecule has 2 N–H and O–H groups in total. The van der Waals surface area contributed by atoms with Crippen LogP contribution in [0.3, 0.4) is 0 Å². The van der Waals surface area contributed by atoms with Crippen LogP contribution in [0.15, 0.2) is 212 Å². The van der Waals surface area contributed by atoms with Crippen LogP contribution in [0.2, 0.25) is 0 Å². The van der Waals surface area contributed by atoms with Crippen molar-refractivity contribution < 1.29 is 0 Å². The molecule has 0 aliphatic heterocycles. The second kappa shape index (κ2) is 15.0. The van der Waals surface area contributed by atoms with Crippen molar-refractivity contribution in [1.29, 1.82) is 0 Å². The van der Waals surface area contributed by atoms with Crippen LogP contribution in [0.5, 0.6) is 0 Å². The summed E-state index contributed by atoms with van der Waals surface area (Å²) in [5.74, 6) is 0. The zero-order valence-corrected chi connectivity index (χ0v) is 33.4. The van der Waals surface area contributed by atoms with Gasteiger partial charge in [-0.1, -0.05) is 176 Å². The van der Waals surface area contributed by atoms with Crippen LogP contribution in [0.4, 0.5) is 5.69 Å². The predicted molar refractivity (Wildman–Crippen MR) is 255 cm³/mol. The first kappa shape index (κ1) is 35.7. The lowest BCUT2D eigenvalue weighted by molar-refractivity contribution is 0.608. The van der Waals surface area contributed by atoms with Crippen LogP contribution in [-0.2, 0) is 6.54 Å². The molecule has 10 aromatic carbocycles. The van der Waals surface area contributed by atoms with Crippen molar-refractivity contribution in [1.82, 2.24) is 9.88 Å². The molecule has 0 fully saturated rings. The maximum atomic E-state index is 4.02. The first-order chi connectivity index (χ1) is 29.7. The molecular weight excluding hydrogens is 727 g/mol. The van der Waals surface area contributed by atoms with Crippen molar-refractivity contribution in [2.24, 2.45) is 0 Å². The zero-order chi connectivity index (χ0) is 40.0. The minimum absolute atomic E-state index is 0.0472. The number of benzene rings is 10. The van der Waals surface area contributed by atoms with Gasteiger partial charge in [0.25, 0.3) is 0 Å². The van der Waals surface area contributed by atoms with Crippen molar-refractivity contribution in [3.63, 3.8) is 0 Å². The van der Waals surface area contributed by atoms with E-state index in [-0.39, 0.29) is 6.04 Å². The van der Waals surface area contributed by atoms with Crippen LogP contribution >= 0.6 is 0 Å². The Morgan fingerprint density at radius 3 is 1.73 bits per heavy atom. The Labute approximate surface area is 350 Å². The van der Waals surface area contributed by atoms with Gasteiger partial charge in [0, 0.05) is 35.7 Å². The van der Waals surface area contributed by atoms with E-state index >= 15 is 0 Å². The van der Waals surface area contributed by atoms with E-state index in [1.807, 2.05) is 7.05 Å². The van der Waals surface area contributed by atoms with E-state index in [2.05, 4.69) is 228 Å². The number of para-hydroxylation sites is 1. The minimum atomic E-state index is -0.0472. The molecule has 1 heterocycles. The molecule has 286 valence electrons. The molecule has 60 heavy (non-hydrogen) atoms. The van der Waals surface area contributed by atoms with Crippen LogP contribution < -0.4 is 10.6 Å². The molecule has 11 rings (SSSR count). The normalized spacial score (nSPS) is 12.2. The molecular formula is C57H43N3. The van der Waals surface area contributed by atoms with Gasteiger partial charge < -0.3 is 15.2 Å². The van der Waals surface area contributed by atoms with E-state index in [1.165, 1.54) is 93.1 Å². The van der Waals surface area contributed by atoms with Crippen LogP contribution in [0.1, 0.15) is 22.7 Å². The number of hydrogen-bond donors (Lipinski definition) is 2. The van der Waals surface area contributed by atoms with Crippen molar-refractivity contribution in [2.75, 3.05) is 12.4 Å². The van der Waals surface area contributed by atoms with Gasteiger partial charge in [0.05, 0.1) is 17.1 Å². The van der Waals surface area contributed by atoms with Crippen LogP contribution in [0.25, 0.3) is 82.1 Å². The van der Waals surface area contributed by atoms with Crippen molar-refractivity contribution in [3.8, 4) is 27.9 Å². The monoisotopic (exact) mass is 769 g/mol. The molecule has 1 unspecified atom stereocenters. The largest absolute Gasteiger partial charge is 0.388 e. The maximum Gasteiger partial charge on any atom is 0.0600 e. The first-order valence-corrected chi connectivity index (χ1v) is 20.8. The lowest BCUT2D eigenvalue weighted by Gasteiger charge is -2.24. The number of fused-ring (bicyclic) bond motifs is 8. The van der Waals surface area contributed by atoms with Gasteiger partial charge in [-0.15, -0.1) is 0 Å². The van der Waals surface area contributed by atoms with Gasteiger partial charge in [-0.05, 0) is 108 Å². The number of hydrogen-bond acceptors (Lipinski definition) is 2. The van der Waals surface area contributed by atoms with Gasteiger partial charge in [-0.25, -0.2) is 0 Å². The minimum Gasteiger partial charge on any atom is -0.388 e. The van der Waals surface area contributed by atoms with Gasteiger partial charge in [-0.2, -0.15) is 0 Å². The second-order valence-electron chi connectivity index (χ2n) is 15.7. The Bertz CT molecular complexity index is 3270. The molecule has 0 aliphatic carbocycles. The molecule has 1 aromatic heterocycles. The average Bonchev–Trinajstić information content (AvgIpc) is 3.67. The topological polar surface area (TPSA) is 29.0 Å². The third-order valence-electron chi connectivity index (χ3n) is 12.3. The first-order valence-electron chi connectivity index (χ1n) is 20.8. The predicted octanol–water partition coefficient (Wildman–Crippen LogP) is 14.5. The van der Waals surface area contributed by atoms with Crippen LogP contribution in [-0.4, -0.2) is 11.6 Å². The van der Waals surface area contributed by atoms with E-state index in [4.69, 9.17) is 0 Å². The fourth-order valence-corrected chi connectivity index (χ4v) is 9.44. The summed E-state index contributed by atoms with van der Waals surface area (Å²) in [4.78, 5) is 0. The fraction of sp³-hybridized carbons (Fsp3) is 0.0526. The highest BCUT2D eigenvalue weighted by Crippen LogP contribution is 2.41. The number of anilines is 1. The quantitative estimate of drug-likeness (QED) is 0.153. The van der Waals surface area contributed by atoms with Gasteiger partial charge in [0.2, 0.25) is 0 Å². The molecule has 3 nitrogen and oxygen atoms in total. The Balaban J connectivity index is 0.970. The molecule has 0 saturated carbocycles. The van der Waals surface area contributed by atoms with Gasteiger partial charge >= 0.3 is 0 Å². The molecule has 1 atom stereocenters. The standard InChI is InChI=1S/C57H43N3/c1-58-52-24-10-9-23-51(52)57(45-19-11-17-43(35-45)40-27-25-39(26-28-40)38-13-3-2-4-14-38)59-37-46-20-12-18-44-36-47(31-32-48(44)46)60-53-33-29-41-15-5-7-21-49(41)55(53)56-50-22-8-6-16-42(50)30-34-54(56)60/h2-36,57-59H,37H2,1H3. The molecule has 0 aliphatic rings. The summed E-state index contributed by atoms with van der Waals surface area (Å²) < 4.78 is 2.46. The summed E-state index contributed by atoms with van der Waals surface area (Å²) in [6.45, 7) is 0.697. The van der Waals surface area contributed by atoms with E-state index in [1.54, 1.807) is 0 Å². The summed E-state index contributed by atoms with van der Waals surface area (Å²) >= 11 is 0. The molecule has 0 radical (unpaired) electrons. The number of aromatic nitrogens is 1. The molecule has 0 saturated heterocycles. The lowest BCUT2D eigenvalue weighted by atomic mass is 9.93. The summed E-state index contributed by atoms with van der Waals surface area (Å²) in [6.07, 6.45) is 0. The van der Waals surface area contributed by atoms with Gasteiger partial charge in [0.1, 0.15) is 0 Å². The molecule has 3 heteroatoms. The fourth-order valence-electron chi connectivity index (χ4n) is 9.44. The van der Waals surface area contributed by atoms with Crippen molar-refractivity contribution >= 4 is 59.8 Å². The lowest BCUT2D eigenvalue weighted by Crippen LogP contribution is -2.23. The van der Waals surface area contributed by atoms with E-state index in [9.17, 15) is 0 Å². The molecule has 0 bridgehead atoms. The number of nitrogens with zero attached hydrogens (tertiary/aromatic N) is 1. The third kappa shape index (κ3) is 6.19. The summed E-state index contributed by atoms with van der Waals surface area (Å²) in [7, 11) is 2.00. The van der Waals surface area contributed by atoms with Gasteiger partial charge in [-0.3, -0.25) is 0 Å². The summed E-state index contributed by atoms with van der Waals surface area (Å²) in [5.41, 5.74) is 13.3. The second-order valence-corrected chi connectivity index (χ2v) is 15.7. The highest BCUT2D eigenvalue weighted by molar-refractivity contribution is 6.28. The maximum absolute atomic E-state index is 4.02. The van der Waals surface area contributed by atoms with Crippen molar-refractivity contribution in [3.05, 3.63) is 229 Å². The Hall–Kier alpha value is -7.46. The SMILES string of the molecule is CNc1ccccc1C(NCc1cccc2cc(-n3c4ccc5ccccc5c4c4c5ccccc5ccc43)ccc12)c1cccc(-c2ccc(-c3ccccc3)cc2)c1. The average molecular weight is 770 g/mol. The Kier molecular flexibility index (Phi) is 8.95. The Morgan fingerprint density at radius 2 is 1.02 bits per heavy atom. The van der Waals surface area contributed by atoms with Crippen LogP contribution in [0, 0.1) is 0 Å². The zero-order valence-electron chi connectivity index (χ0n) is 33.4. The highest BCUT2D eigenvalue weighted by Gasteiger charge is 2.20. The smallest absolute Gasteiger partial charge is 0.0600 e. The molecule has 11 aromatic rings. The Morgan fingerprint density at radius 1 is 0.433 bits per heavy atom. The van der Waals surface area contributed by atoms with E-state index in [0.29, 0.717) is 6.54 Å². The van der Waals surface area contributed by atoms with E-state index in [0.717, 1.165) is 11.4 Å². The molecule has 0 amide bonds. The van der Waals surface area contributed by atoms with Gasteiger partial charge in [0.15, 0.2) is 0 Å². The number of nitrogens with one attached hydrogen (secondary N) is 2. The van der Waals surface area contributed by atoms with E-state index < -0.39 is 0 Å². The number of rotatable bonds is 9. The summed E-state index contributed by atoms with van der Waals surface area (Å²) in [5, 5.41) is 17.6. The third-order valence-corrected chi connectivity index (χ3v) is 12.3. The highest BCUT2D eigenvalue weighted by atomic mass is 15.0. The summed E-state index contributed by atoms with van der Waals surface area (Å²) in [6, 6.07) is 77.4.